The first kappa shape index (κ1) is 12.9. The van der Waals surface area contributed by atoms with Crippen LogP contribution in [0.4, 0.5) is 0 Å². The van der Waals surface area contributed by atoms with E-state index in [0.29, 0.717) is 22.8 Å². The molecule has 1 aliphatic rings. The Morgan fingerprint density at radius 2 is 2.06 bits per heavy atom. The predicted molar refractivity (Wildman–Crippen MR) is 68.7 cm³/mol. The predicted octanol–water partition coefficient (Wildman–Crippen LogP) is 2.13. The van der Waals surface area contributed by atoms with Gasteiger partial charge in [-0.2, -0.15) is 0 Å². The van der Waals surface area contributed by atoms with Crippen LogP contribution >= 0.6 is 0 Å². The van der Waals surface area contributed by atoms with Gasteiger partial charge in [-0.25, -0.2) is 4.79 Å². The van der Waals surface area contributed by atoms with E-state index < -0.39 is 5.63 Å². The molecule has 18 heavy (non-hydrogen) atoms. The first-order valence-electron chi connectivity index (χ1n) is 6.30. The van der Waals surface area contributed by atoms with Crippen LogP contribution in [-0.2, 0) is 0 Å². The second-order valence-electron chi connectivity index (χ2n) is 5.17. The third kappa shape index (κ3) is 2.33. The topological polar surface area (TPSA) is 50.5 Å². The van der Waals surface area contributed by atoms with Gasteiger partial charge in [-0.1, -0.05) is 0 Å². The third-order valence-corrected chi connectivity index (χ3v) is 3.78. The summed E-state index contributed by atoms with van der Waals surface area (Å²) >= 11 is 0. The van der Waals surface area contributed by atoms with Crippen molar-refractivity contribution in [1.82, 2.24) is 4.90 Å². The average molecular weight is 249 g/mol. The number of carbonyl (C=O) groups excluding carboxylic acids is 1. The van der Waals surface area contributed by atoms with Crippen LogP contribution < -0.4 is 5.63 Å². The van der Waals surface area contributed by atoms with Gasteiger partial charge in [-0.15, -0.1) is 0 Å². The average Bonchev–Trinajstić information content (AvgIpc) is 3.09. The number of rotatable bonds is 3. The molecule has 0 spiro atoms. The van der Waals surface area contributed by atoms with E-state index in [1.54, 1.807) is 18.7 Å². The maximum atomic E-state index is 12.4. The monoisotopic (exact) mass is 249 g/mol. The van der Waals surface area contributed by atoms with Crippen molar-refractivity contribution in [1.29, 1.82) is 0 Å². The Bertz CT molecular complexity index is 502. The minimum absolute atomic E-state index is 0.0619. The van der Waals surface area contributed by atoms with Gasteiger partial charge in [0.25, 0.3) is 5.91 Å². The molecule has 4 nitrogen and oxygen atoms in total. The number of amides is 1. The van der Waals surface area contributed by atoms with E-state index in [1.165, 1.54) is 18.9 Å². The van der Waals surface area contributed by atoms with Gasteiger partial charge in [0.1, 0.15) is 5.76 Å². The highest BCUT2D eigenvalue weighted by Gasteiger charge is 2.33. The van der Waals surface area contributed by atoms with Gasteiger partial charge < -0.3 is 9.32 Å². The Balaban J connectivity index is 2.30. The molecule has 4 heteroatoms. The van der Waals surface area contributed by atoms with Crippen molar-refractivity contribution in [3.8, 4) is 0 Å². The van der Waals surface area contributed by atoms with E-state index in [0.717, 1.165) is 0 Å². The lowest BCUT2D eigenvalue weighted by atomic mass is 10.1. The molecule has 0 aromatic carbocycles. The lowest BCUT2D eigenvalue weighted by Gasteiger charge is -2.25. The number of carbonyl (C=O) groups is 1. The molecule has 1 aromatic heterocycles. The normalized spacial score (nSPS) is 16.4. The first-order valence-corrected chi connectivity index (χ1v) is 6.30. The highest BCUT2D eigenvalue weighted by atomic mass is 16.4. The van der Waals surface area contributed by atoms with Crippen molar-refractivity contribution < 1.29 is 9.21 Å². The maximum absolute atomic E-state index is 12.4. The molecule has 1 unspecified atom stereocenters. The largest absolute Gasteiger partial charge is 0.427 e. The number of nitrogens with zero attached hydrogens (tertiary/aromatic N) is 1. The van der Waals surface area contributed by atoms with Crippen molar-refractivity contribution in [2.24, 2.45) is 5.92 Å². The molecule has 2 rings (SSSR count). The Morgan fingerprint density at radius 1 is 1.44 bits per heavy atom. The van der Waals surface area contributed by atoms with Crippen molar-refractivity contribution in [2.45, 2.75) is 39.7 Å². The highest BCUT2D eigenvalue weighted by molar-refractivity contribution is 5.96. The fourth-order valence-corrected chi connectivity index (χ4v) is 2.33. The van der Waals surface area contributed by atoms with Crippen LogP contribution in [0.1, 0.15) is 41.4 Å². The molecule has 0 N–H and O–H groups in total. The summed E-state index contributed by atoms with van der Waals surface area (Å²) in [4.78, 5) is 25.4. The van der Waals surface area contributed by atoms with E-state index in [2.05, 4.69) is 6.92 Å². The zero-order valence-electron chi connectivity index (χ0n) is 11.3. The first-order chi connectivity index (χ1) is 8.41. The van der Waals surface area contributed by atoms with E-state index in [1.807, 2.05) is 7.05 Å². The van der Waals surface area contributed by atoms with Crippen molar-refractivity contribution >= 4 is 5.91 Å². The lowest BCUT2D eigenvalue weighted by Crippen LogP contribution is -2.37. The van der Waals surface area contributed by atoms with Crippen LogP contribution in [-0.4, -0.2) is 23.9 Å². The van der Waals surface area contributed by atoms with E-state index >= 15 is 0 Å². The fourth-order valence-electron chi connectivity index (χ4n) is 2.33. The summed E-state index contributed by atoms with van der Waals surface area (Å²) < 4.78 is 5.01. The minimum Gasteiger partial charge on any atom is -0.427 e. The molecule has 1 saturated carbocycles. The van der Waals surface area contributed by atoms with Crippen LogP contribution in [0.2, 0.25) is 0 Å². The lowest BCUT2D eigenvalue weighted by molar-refractivity contribution is 0.0722. The zero-order chi connectivity index (χ0) is 13.4. The number of hydrogen-bond acceptors (Lipinski definition) is 3. The van der Waals surface area contributed by atoms with Gasteiger partial charge in [-0.05, 0) is 45.1 Å². The van der Waals surface area contributed by atoms with Crippen LogP contribution in [0.25, 0.3) is 0 Å². The molecule has 1 aliphatic carbocycles. The Hall–Kier alpha value is -1.58. The van der Waals surface area contributed by atoms with Gasteiger partial charge in [0.2, 0.25) is 0 Å². The van der Waals surface area contributed by atoms with Crippen LogP contribution in [0, 0.1) is 19.8 Å². The van der Waals surface area contributed by atoms with Gasteiger partial charge in [0.15, 0.2) is 0 Å². The molecule has 1 atom stereocenters. The Kier molecular flexibility index (Phi) is 3.28. The summed E-state index contributed by atoms with van der Waals surface area (Å²) in [5, 5.41) is 0. The fraction of sp³-hybridized carbons (Fsp3) is 0.571. The van der Waals surface area contributed by atoms with Gasteiger partial charge in [0.05, 0.1) is 5.56 Å². The molecule has 0 radical (unpaired) electrons. The highest BCUT2D eigenvalue weighted by Crippen LogP contribution is 2.35. The molecule has 0 aliphatic heterocycles. The summed E-state index contributed by atoms with van der Waals surface area (Å²) in [6, 6.07) is 1.61. The van der Waals surface area contributed by atoms with Gasteiger partial charge in [-0.3, -0.25) is 4.79 Å². The zero-order valence-corrected chi connectivity index (χ0v) is 11.3. The molecule has 1 heterocycles. The maximum Gasteiger partial charge on any atom is 0.336 e. The number of aryl methyl sites for hydroxylation is 2. The molecular weight excluding hydrogens is 230 g/mol. The second kappa shape index (κ2) is 4.59. The molecule has 0 saturated heterocycles. The van der Waals surface area contributed by atoms with Crippen LogP contribution in [0.3, 0.4) is 0 Å². The SMILES string of the molecule is Cc1cc(=O)oc(C)c1C(=O)N(C)C(C)C1CC1. The summed E-state index contributed by atoms with van der Waals surface area (Å²) in [6.07, 6.45) is 2.39. The Morgan fingerprint density at radius 3 is 2.56 bits per heavy atom. The molecular formula is C14H19NO3. The second-order valence-corrected chi connectivity index (χ2v) is 5.17. The molecule has 1 amide bonds. The van der Waals surface area contributed by atoms with Crippen molar-refractivity contribution in [3.63, 3.8) is 0 Å². The van der Waals surface area contributed by atoms with Crippen LogP contribution in [0.15, 0.2) is 15.3 Å². The third-order valence-electron chi connectivity index (χ3n) is 3.78. The summed E-state index contributed by atoms with van der Waals surface area (Å²) in [6.45, 7) is 5.50. The Labute approximate surface area is 107 Å². The quantitative estimate of drug-likeness (QED) is 0.824. The number of hydrogen-bond donors (Lipinski definition) is 0. The van der Waals surface area contributed by atoms with Crippen LogP contribution in [0.5, 0.6) is 0 Å². The van der Waals surface area contributed by atoms with Crippen molar-refractivity contribution in [2.75, 3.05) is 7.05 Å². The molecule has 1 aromatic rings. The summed E-state index contributed by atoms with van der Waals surface area (Å²) in [5.74, 6) is 0.961. The smallest absolute Gasteiger partial charge is 0.336 e. The van der Waals surface area contributed by atoms with Crippen molar-refractivity contribution in [3.05, 3.63) is 33.4 Å². The minimum atomic E-state index is -0.403. The standard InChI is InChI=1S/C14H19NO3/c1-8-7-12(16)18-10(3)13(8)14(17)15(4)9(2)11-5-6-11/h7,9,11H,5-6H2,1-4H3. The molecule has 1 fully saturated rings. The van der Waals surface area contributed by atoms with Gasteiger partial charge in [0, 0.05) is 19.2 Å². The summed E-state index contributed by atoms with van der Waals surface area (Å²) in [7, 11) is 1.81. The van der Waals surface area contributed by atoms with E-state index in [9.17, 15) is 9.59 Å². The molecule has 98 valence electrons. The summed E-state index contributed by atoms with van der Waals surface area (Å²) in [5.41, 5.74) is 0.799. The van der Waals surface area contributed by atoms with E-state index in [-0.39, 0.29) is 11.9 Å². The van der Waals surface area contributed by atoms with E-state index in [4.69, 9.17) is 4.42 Å². The van der Waals surface area contributed by atoms with Gasteiger partial charge >= 0.3 is 5.63 Å². The molecule has 0 bridgehead atoms.